The summed E-state index contributed by atoms with van der Waals surface area (Å²) in [5, 5.41) is -0.147. The molecule has 0 amide bonds. The van der Waals surface area contributed by atoms with Crippen LogP contribution in [0.4, 0.5) is 5.82 Å². The minimum atomic E-state index is -3.12. The number of aromatic amines is 1. The maximum atomic E-state index is 12.2. The van der Waals surface area contributed by atoms with Crippen molar-refractivity contribution < 1.29 is 4.21 Å². The van der Waals surface area contributed by atoms with Crippen LogP contribution in [0.3, 0.4) is 0 Å². The van der Waals surface area contributed by atoms with E-state index in [4.69, 9.17) is 10.5 Å². The molecule has 8 nitrogen and oxygen atoms in total. The van der Waals surface area contributed by atoms with Crippen molar-refractivity contribution >= 4 is 26.7 Å². The number of nitrogens with zero attached hydrogens (tertiary/aromatic N) is 3. The van der Waals surface area contributed by atoms with Crippen LogP contribution in [-0.2, 0) is 16.3 Å². The molecule has 1 atom stereocenters. The maximum absolute atomic E-state index is 12.2. The van der Waals surface area contributed by atoms with E-state index in [9.17, 15) is 9.00 Å². The summed E-state index contributed by atoms with van der Waals surface area (Å²) in [7, 11) is -3.12. The van der Waals surface area contributed by atoms with Gasteiger partial charge in [0, 0.05) is 5.75 Å². The molecule has 2 aromatic heterocycles. The normalized spacial score (nSPS) is 14.0. The van der Waals surface area contributed by atoms with Crippen molar-refractivity contribution in [2.45, 2.75) is 18.6 Å². The van der Waals surface area contributed by atoms with E-state index in [1.165, 1.54) is 4.57 Å². The Morgan fingerprint density at radius 2 is 2.00 bits per heavy atom. The van der Waals surface area contributed by atoms with E-state index in [1.807, 2.05) is 30.3 Å². The van der Waals surface area contributed by atoms with Gasteiger partial charge in [-0.2, -0.15) is 4.98 Å². The zero-order valence-electron chi connectivity index (χ0n) is 12.4. The van der Waals surface area contributed by atoms with Gasteiger partial charge in [0.1, 0.15) is 15.2 Å². The second-order valence-electron chi connectivity index (χ2n) is 5.06. The van der Waals surface area contributed by atoms with Crippen molar-refractivity contribution in [3.63, 3.8) is 0 Å². The standard InChI is InChI=1S/C14H16N6O2S/c1-2-23(16,22)13-18-11(15)10-12(19-13)20(14(21)17-10)8-9-6-4-3-5-7-9/h3-7,16H,2,8H2,1H3,(H,17,21)(H2,15,18,19). The number of hydrogen-bond donors (Lipinski definition) is 3. The lowest BCUT2D eigenvalue weighted by Crippen LogP contribution is -2.18. The molecule has 0 aliphatic carbocycles. The number of rotatable bonds is 4. The third kappa shape index (κ3) is 2.70. The second-order valence-corrected chi connectivity index (χ2v) is 7.35. The van der Waals surface area contributed by atoms with Gasteiger partial charge in [-0.3, -0.25) is 4.57 Å². The van der Waals surface area contributed by atoms with Gasteiger partial charge in [0.15, 0.2) is 11.5 Å². The van der Waals surface area contributed by atoms with Crippen LogP contribution >= 0.6 is 0 Å². The maximum Gasteiger partial charge on any atom is 0.328 e. The third-order valence-corrected chi connectivity index (χ3v) is 5.10. The fourth-order valence-electron chi connectivity index (χ4n) is 2.22. The molecule has 0 saturated heterocycles. The average molecular weight is 332 g/mol. The van der Waals surface area contributed by atoms with Gasteiger partial charge in [-0.05, 0) is 5.56 Å². The molecule has 0 saturated carbocycles. The van der Waals surface area contributed by atoms with Gasteiger partial charge in [-0.15, -0.1) is 0 Å². The highest BCUT2D eigenvalue weighted by atomic mass is 32.2. The lowest BCUT2D eigenvalue weighted by molar-refractivity contribution is 0.667. The number of hydrogen-bond acceptors (Lipinski definition) is 6. The lowest BCUT2D eigenvalue weighted by Gasteiger charge is -2.07. The molecular formula is C14H16N6O2S. The van der Waals surface area contributed by atoms with E-state index in [0.29, 0.717) is 12.1 Å². The second kappa shape index (κ2) is 5.51. The van der Waals surface area contributed by atoms with E-state index in [0.717, 1.165) is 5.56 Å². The molecule has 2 heterocycles. The number of anilines is 1. The van der Waals surface area contributed by atoms with Crippen molar-refractivity contribution in [2.24, 2.45) is 0 Å². The van der Waals surface area contributed by atoms with Crippen LogP contribution in [-0.4, -0.2) is 29.5 Å². The van der Waals surface area contributed by atoms with Crippen LogP contribution in [0.1, 0.15) is 12.5 Å². The van der Waals surface area contributed by atoms with Crippen LogP contribution in [0.5, 0.6) is 0 Å². The highest BCUT2D eigenvalue weighted by Gasteiger charge is 2.18. The largest absolute Gasteiger partial charge is 0.382 e. The van der Waals surface area contributed by atoms with Gasteiger partial charge in [0.05, 0.1) is 6.54 Å². The van der Waals surface area contributed by atoms with Crippen LogP contribution < -0.4 is 11.4 Å². The quantitative estimate of drug-likeness (QED) is 0.617. The van der Waals surface area contributed by atoms with Crippen molar-refractivity contribution in [2.75, 3.05) is 11.5 Å². The molecule has 1 unspecified atom stereocenters. The van der Waals surface area contributed by atoms with Crippen molar-refractivity contribution in [1.29, 1.82) is 4.78 Å². The zero-order valence-corrected chi connectivity index (χ0v) is 13.3. The predicted molar refractivity (Wildman–Crippen MR) is 87.8 cm³/mol. The monoisotopic (exact) mass is 332 g/mol. The van der Waals surface area contributed by atoms with Crippen molar-refractivity contribution in [1.82, 2.24) is 19.5 Å². The van der Waals surface area contributed by atoms with Gasteiger partial charge < -0.3 is 10.7 Å². The molecule has 9 heteroatoms. The van der Waals surface area contributed by atoms with Crippen molar-refractivity contribution in [3.05, 3.63) is 46.4 Å². The Labute approximate surface area is 132 Å². The summed E-state index contributed by atoms with van der Waals surface area (Å²) in [6.45, 7) is 1.91. The molecule has 120 valence electrons. The number of fused-ring (bicyclic) bond motifs is 1. The summed E-state index contributed by atoms with van der Waals surface area (Å²) in [6.07, 6.45) is 0. The Balaban J connectivity index is 2.22. The van der Waals surface area contributed by atoms with Crippen LogP contribution in [0.15, 0.2) is 40.3 Å². The van der Waals surface area contributed by atoms with Crippen molar-refractivity contribution in [3.8, 4) is 0 Å². The first-order valence-corrected chi connectivity index (χ1v) is 8.71. The number of benzene rings is 1. The summed E-state index contributed by atoms with van der Waals surface area (Å²) in [6, 6.07) is 9.40. The summed E-state index contributed by atoms with van der Waals surface area (Å²) in [4.78, 5) is 22.9. The summed E-state index contributed by atoms with van der Waals surface area (Å²) in [5.74, 6) is 0.0907. The molecule has 0 radical (unpaired) electrons. The van der Waals surface area contributed by atoms with E-state index in [2.05, 4.69) is 15.0 Å². The molecule has 23 heavy (non-hydrogen) atoms. The number of nitrogen functional groups attached to an aromatic ring is 1. The summed E-state index contributed by atoms with van der Waals surface area (Å²) >= 11 is 0. The fourth-order valence-corrected chi connectivity index (χ4v) is 2.96. The first kappa shape index (κ1) is 15.2. The first-order chi connectivity index (χ1) is 10.9. The Kier molecular flexibility index (Phi) is 3.64. The highest BCUT2D eigenvalue weighted by Crippen LogP contribution is 2.18. The topological polar surface area (TPSA) is 131 Å². The predicted octanol–water partition coefficient (Wildman–Crippen LogP) is 1.18. The molecular weight excluding hydrogens is 316 g/mol. The summed E-state index contributed by atoms with van der Waals surface area (Å²) in [5.41, 5.74) is 6.93. The van der Waals surface area contributed by atoms with E-state index in [-0.39, 0.29) is 28.1 Å². The van der Waals surface area contributed by atoms with Gasteiger partial charge >= 0.3 is 5.69 Å². The average Bonchev–Trinajstić information content (AvgIpc) is 2.85. The highest BCUT2D eigenvalue weighted by molar-refractivity contribution is 7.92. The van der Waals surface area contributed by atoms with Gasteiger partial charge in [0.2, 0.25) is 5.16 Å². The van der Waals surface area contributed by atoms with Gasteiger partial charge in [-0.1, -0.05) is 37.3 Å². The fraction of sp³-hybridized carbons (Fsp3) is 0.214. The SMILES string of the molecule is CCS(=N)(=O)c1nc(N)c2[nH]c(=O)n(Cc3ccccc3)c2n1. The lowest BCUT2D eigenvalue weighted by atomic mass is 10.2. The first-order valence-electron chi connectivity index (χ1n) is 6.99. The number of nitrogens with one attached hydrogen (secondary N) is 2. The summed E-state index contributed by atoms with van der Waals surface area (Å²) < 4.78 is 21.5. The Bertz CT molecular complexity index is 1020. The van der Waals surface area contributed by atoms with E-state index < -0.39 is 9.73 Å². The minimum absolute atomic E-state index is 0.0161. The number of aromatic nitrogens is 4. The number of imidazole rings is 1. The van der Waals surface area contributed by atoms with Gasteiger partial charge in [-0.25, -0.2) is 18.8 Å². The molecule has 0 bridgehead atoms. The van der Waals surface area contributed by atoms with E-state index >= 15 is 0 Å². The smallest absolute Gasteiger partial charge is 0.328 e. The molecule has 4 N–H and O–H groups in total. The molecule has 0 aliphatic rings. The number of nitrogens with two attached hydrogens (primary N) is 1. The minimum Gasteiger partial charge on any atom is -0.382 e. The molecule has 0 spiro atoms. The van der Waals surface area contributed by atoms with Gasteiger partial charge in [0.25, 0.3) is 0 Å². The van der Waals surface area contributed by atoms with Crippen LogP contribution in [0.2, 0.25) is 0 Å². The zero-order chi connectivity index (χ0) is 16.6. The molecule has 1 aromatic carbocycles. The third-order valence-electron chi connectivity index (χ3n) is 3.52. The van der Waals surface area contributed by atoms with E-state index in [1.54, 1.807) is 6.92 Å². The van der Waals surface area contributed by atoms with Crippen LogP contribution in [0.25, 0.3) is 11.2 Å². The number of H-pyrrole nitrogens is 1. The van der Waals surface area contributed by atoms with Crippen LogP contribution in [0, 0.1) is 4.78 Å². The molecule has 0 fully saturated rings. The Hall–Kier alpha value is -2.68. The molecule has 3 rings (SSSR count). The molecule has 3 aromatic rings. The molecule has 0 aliphatic heterocycles. The Morgan fingerprint density at radius 3 is 2.65 bits per heavy atom. The Morgan fingerprint density at radius 1 is 1.30 bits per heavy atom.